The van der Waals surface area contributed by atoms with Crippen molar-refractivity contribution in [2.24, 2.45) is 5.73 Å². The van der Waals surface area contributed by atoms with Gasteiger partial charge in [0.05, 0.1) is 12.6 Å². The van der Waals surface area contributed by atoms with Crippen LogP contribution in [-0.2, 0) is 9.59 Å². The highest BCUT2D eigenvalue weighted by atomic mass is 16.2. The Balaban J connectivity index is 2.40. The van der Waals surface area contributed by atoms with E-state index in [4.69, 9.17) is 5.73 Å². The minimum atomic E-state index is -0.489. The molecule has 0 aliphatic carbocycles. The second-order valence-corrected chi connectivity index (χ2v) is 4.30. The number of rotatable bonds is 4. The van der Waals surface area contributed by atoms with Crippen LogP contribution in [0.3, 0.4) is 0 Å². The van der Waals surface area contributed by atoms with Crippen LogP contribution in [0.2, 0.25) is 0 Å². The Morgan fingerprint density at radius 1 is 1.38 bits per heavy atom. The highest BCUT2D eigenvalue weighted by molar-refractivity contribution is 5.87. The molecule has 92 valence electrons. The Kier molecular flexibility index (Phi) is 4.73. The van der Waals surface area contributed by atoms with E-state index in [1.54, 1.807) is 11.9 Å². The molecule has 0 bridgehead atoms. The predicted octanol–water partition coefficient (Wildman–Crippen LogP) is -0.195. The monoisotopic (exact) mass is 227 g/mol. The SMILES string of the molecule is CC[C@H](N)C(=O)N(C)CC(=O)N1CCCC1. The molecule has 0 aromatic rings. The van der Waals surface area contributed by atoms with Crippen molar-refractivity contribution in [3.8, 4) is 0 Å². The van der Waals surface area contributed by atoms with E-state index < -0.39 is 6.04 Å². The van der Waals surface area contributed by atoms with Crippen LogP contribution in [0.15, 0.2) is 0 Å². The molecule has 0 unspecified atom stereocenters. The van der Waals surface area contributed by atoms with E-state index in [2.05, 4.69) is 0 Å². The van der Waals surface area contributed by atoms with E-state index >= 15 is 0 Å². The van der Waals surface area contributed by atoms with Gasteiger partial charge in [0.2, 0.25) is 11.8 Å². The van der Waals surface area contributed by atoms with Gasteiger partial charge >= 0.3 is 0 Å². The first-order valence-corrected chi connectivity index (χ1v) is 5.84. The van der Waals surface area contributed by atoms with Gasteiger partial charge in [-0.25, -0.2) is 0 Å². The Morgan fingerprint density at radius 2 is 1.94 bits per heavy atom. The van der Waals surface area contributed by atoms with Crippen LogP contribution in [-0.4, -0.2) is 54.3 Å². The first-order valence-electron chi connectivity index (χ1n) is 5.84. The molecule has 0 saturated carbocycles. The molecule has 1 atom stereocenters. The van der Waals surface area contributed by atoms with E-state index in [1.807, 2.05) is 6.92 Å². The lowest BCUT2D eigenvalue weighted by molar-refractivity contribution is -0.139. The Labute approximate surface area is 96.6 Å². The summed E-state index contributed by atoms with van der Waals surface area (Å²) < 4.78 is 0. The summed E-state index contributed by atoms with van der Waals surface area (Å²) in [7, 11) is 1.63. The summed E-state index contributed by atoms with van der Waals surface area (Å²) in [6.45, 7) is 3.65. The molecule has 1 aliphatic rings. The lowest BCUT2D eigenvalue weighted by Gasteiger charge is -2.23. The van der Waals surface area contributed by atoms with Crippen molar-refractivity contribution in [2.75, 3.05) is 26.7 Å². The molecule has 0 spiro atoms. The van der Waals surface area contributed by atoms with Crippen molar-refractivity contribution in [3.63, 3.8) is 0 Å². The normalized spacial score (nSPS) is 17.3. The van der Waals surface area contributed by atoms with Crippen molar-refractivity contribution in [1.29, 1.82) is 0 Å². The molecule has 1 heterocycles. The molecule has 2 N–H and O–H groups in total. The average Bonchev–Trinajstić information content (AvgIpc) is 2.80. The number of hydrogen-bond acceptors (Lipinski definition) is 3. The highest BCUT2D eigenvalue weighted by Crippen LogP contribution is 2.08. The van der Waals surface area contributed by atoms with Crippen molar-refractivity contribution in [1.82, 2.24) is 9.80 Å². The summed E-state index contributed by atoms with van der Waals surface area (Å²) >= 11 is 0. The van der Waals surface area contributed by atoms with Crippen LogP contribution in [0.5, 0.6) is 0 Å². The number of likely N-dealkylation sites (N-methyl/N-ethyl adjacent to an activating group) is 1. The van der Waals surface area contributed by atoms with E-state index in [0.29, 0.717) is 6.42 Å². The van der Waals surface area contributed by atoms with Crippen LogP contribution in [0.1, 0.15) is 26.2 Å². The predicted molar refractivity (Wildman–Crippen MR) is 61.7 cm³/mol. The molecule has 0 radical (unpaired) electrons. The first kappa shape index (κ1) is 13.0. The molecule has 5 heteroatoms. The minimum absolute atomic E-state index is 0.0247. The van der Waals surface area contributed by atoms with Gasteiger partial charge in [0.25, 0.3) is 0 Å². The number of likely N-dealkylation sites (tertiary alicyclic amines) is 1. The summed E-state index contributed by atoms with van der Waals surface area (Å²) in [5, 5.41) is 0. The molecule has 0 aromatic heterocycles. The van der Waals surface area contributed by atoms with E-state index in [-0.39, 0.29) is 18.4 Å². The second-order valence-electron chi connectivity index (χ2n) is 4.30. The molecule has 1 aliphatic heterocycles. The van der Waals surface area contributed by atoms with Gasteiger partial charge in [-0.15, -0.1) is 0 Å². The molecule has 1 saturated heterocycles. The molecule has 2 amide bonds. The van der Waals surface area contributed by atoms with Crippen LogP contribution in [0.4, 0.5) is 0 Å². The second kappa shape index (κ2) is 5.84. The van der Waals surface area contributed by atoms with Gasteiger partial charge < -0.3 is 15.5 Å². The maximum absolute atomic E-state index is 11.8. The van der Waals surface area contributed by atoms with Crippen molar-refractivity contribution < 1.29 is 9.59 Å². The first-order chi connectivity index (χ1) is 7.56. The number of nitrogens with zero attached hydrogens (tertiary/aromatic N) is 2. The van der Waals surface area contributed by atoms with Gasteiger partial charge in [-0.2, -0.15) is 0 Å². The number of hydrogen-bond donors (Lipinski definition) is 1. The summed E-state index contributed by atoms with van der Waals surface area (Å²) in [4.78, 5) is 26.6. The fourth-order valence-corrected chi connectivity index (χ4v) is 1.81. The van der Waals surface area contributed by atoms with Crippen LogP contribution in [0.25, 0.3) is 0 Å². The maximum atomic E-state index is 11.8. The Bertz CT molecular complexity index is 262. The van der Waals surface area contributed by atoms with Crippen LogP contribution < -0.4 is 5.73 Å². The fraction of sp³-hybridized carbons (Fsp3) is 0.818. The van der Waals surface area contributed by atoms with Gasteiger partial charge in [0, 0.05) is 20.1 Å². The average molecular weight is 227 g/mol. The van der Waals surface area contributed by atoms with Gasteiger partial charge in [-0.05, 0) is 19.3 Å². The van der Waals surface area contributed by atoms with Crippen molar-refractivity contribution in [2.45, 2.75) is 32.2 Å². The largest absolute Gasteiger partial charge is 0.341 e. The van der Waals surface area contributed by atoms with Gasteiger partial charge in [-0.3, -0.25) is 9.59 Å². The maximum Gasteiger partial charge on any atom is 0.242 e. The summed E-state index contributed by atoms with van der Waals surface area (Å²) in [5.74, 6) is -0.133. The van der Waals surface area contributed by atoms with Gasteiger partial charge in [0.15, 0.2) is 0 Å². The van der Waals surface area contributed by atoms with Crippen LogP contribution in [0, 0.1) is 0 Å². The zero-order chi connectivity index (χ0) is 12.1. The summed E-state index contributed by atoms with van der Waals surface area (Å²) in [5.41, 5.74) is 5.63. The minimum Gasteiger partial charge on any atom is -0.341 e. The quantitative estimate of drug-likeness (QED) is 0.723. The lowest BCUT2D eigenvalue weighted by atomic mass is 10.2. The third kappa shape index (κ3) is 3.20. The van der Waals surface area contributed by atoms with Crippen LogP contribution >= 0.6 is 0 Å². The lowest BCUT2D eigenvalue weighted by Crippen LogP contribution is -2.46. The Morgan fingerprint density at radius 3 is 2.44 bits per heavy atom. The third-order valence-electron chi connectivity index (χ3n) is 2.96. The molecular weight excluding hydrogens is 206 g/mol. The fourth-order valence-electron chi connectivity index (χ4n) is 1.81. The third-order valence-corrected chi connectivity index (χ3v) is 2.96. The zero-order valence-corrected chi connectivity index (χ0v) is 10.1. The zero-order valence-electron chi connectivity index (χ0n) is 10.1. The molecule has 1 fully saturated rings. The number of amides is 2. The van der Waals surface area contributed by atoms with Gasteiger partial charge in [-0.1, -0.05) is 6.92 Å². The summed E-state index contributed by atoms with van der Waals surface area (Å²) in [6.07, 6.45) is 2.73. The standard InChI is InChI=1S/C11H21N3O2/c1-3-9(12)11(16)13(2)8-10(15)14-6-4-5-7-14/h9H,3-8,12H2,1-2H3/t9-/m0/s1. The van der Waals surface area contributed by atoms with E-state index in [1.165, 1.54) is 4.90 Å². The molecule has 1 rings (SSSR count). The topological polar surface area (TPSA) is 66.6 Å². The number of carbonyl (C=O) groups excluding carboxylic acids is 2. The van der Waals surface area contributed by atoms with E-state index in [0.717, 1.165) is 25.9 Å². The molecule has 0 aromatic carbocycles. The Hall–Kier alpha value is -1.10. The molecular formula is C11H21N3O2. The summed E-state index contributed by atoms with van der Waals surface area (Å²) in [6, 6.07) is -0.489. The highest BCUT2D eigenvalue weighted by Gasteiger charge is 2.23. The van der Waals surface area contributed by atoms with Crippen molar-refractivity contribution >= 4 is 11.8 Å². The molecule has 5 nitrogen and oxygen atoms in total. The number of nitrogens with two attached hydrogens (primary N) is 1. The van der Waals surface area contributed by atoms with Gasteiger partial charge in [0.1, 0.15) is 0 Å². The smallest absolute Gasteiger partial charge is 0.242 e. The van der Waals surface area contributed by atoms with Crippen molar-refractivity contribution in [3.05, 3.63) is 0 Å². The number of carbonyl (C=O) groups is 2. The molecule has 16 heavy (non-hydrogen) atoms. The van der Waals surface area contributed by atoms with E-state index in [9.17, 15) is 9.59 Å².